The van der Waals surface area contributed by atoms with Crippen LogP contribution < -0.4 is 5.32 Å². The van der Waals surface area contributed by atoms with Crippen molar-refractivity contribution in [1.82, 2.24) is 5.32 Å². The fraction of sp³-hybridized carbons (Fsp3) is 0.158. The van der Waals surface area contributed by atoms with E-state index in [2.05, 4.69) is 60.8 Å². The van der Waals surface area contributed by atoms with E-state index in [1.165, 1.54) is 16.7 Å². The van der Waals surface area contributed by atoms with Crippen molar-refractivity contribution in [3.05, 3.63) is 72.7 Å². The molecule has 0 aliphatic carbocycles. The number of benzene rings is 2. The van der Waals surface area contributed by atoms with Crippen LogP contribution in [0.25, 0.3) is 22.3 Å². The van der Waals surface area contributed by atoms with Gasteiger partial charge < -0.3 is 9.73 Å². The topological polar surface area (TPSA) is 25.2 Å². The van der Waals surface area contributed by atoms with Gasteiger partial charge in [0.25, 0.3) is 0 Å². The van der Waals surface area contributed by atoms with Gasteiger partial charge in [0.15, 0.2) is 0 Å². The van der Waals surface area contributed by atoms with Gasteiger partial charge in [0, 0.05) is 5.56 Å². The van der Waals surface area contributed by atoms with E-state index in [-0.39, 0.29) is 0 Å². The lowest BCUT2D eigenvalue weighted by Crippen LogP contribution is -2.11. The molecule has 0 spiro atoms. The Hall–Kier alpha value is -2.32. The number of rotatable bonds is 5. The number of hydrogen-bond acceptors (Lipinski definition) is 2. The summed E-state index contributed by atoms with van der Waals surface area (Å²) in [5.74, 6) is 0.990. The first-order chi connectivity index (χ1) is 10.4. The highest BCUT2D eigenvalue weighted by molar-refractivity contribution is 5.71. The summed E-state index contributed by atoms with van der Waals surface area (Å²) in [5.41, 5.74) is 4.83. The standard InChI is InChI=1S/C19H19NO/c1-2-20-14-19-18(12-13-21-19)17-10-8-16(9-11-17)15-6-4-3-5-7-15/h3-13,20H,2,14H2,1H3. The molecule has 0 radical (unpaired) electrons. The predicted octanol–water partition coefficient (Wildman–Crippen LogP) is 4.72. The second-order valence-electron chi connectivity index (χ2n) is 4.98. The normalized spacial score (nSPS) is 10.7. The van der Waals surface area contributed by atoms with Gasteiger partial charge in [-0.3, -0.25) is 0 Å². The number of hydrogen-bond donors (Lipinski definition) is 1. The van der Waals surface area contributed by atoms with Crippen LogP contribution in [0.4, 0.5) is 0 Å². The first-order valence-corrected chi connectivity index (χ1v) is 7.31. The zero-order valence-corrected chi connectivity index (χ0v) is 12.2. The molecule has 1 aromatic heterocycles. The summed E-state index contributed by atoms with van der Waals surface area (Å²) < 4.78 is 5.57. The fourth-order valence-corrected chi connectivity index (χ4v) is 2.45. The van der Waals surface area contributed by atoms with E-state index in [0.29, 0.717) is 0 Å². The van der Waals surface area contributed by atoms with E-state index in [1.54, 1.807) is 6.26 Å². The molecule has 0 unspecified atom stereocenters. The highest BCUT2D eigenvalue weighted by Gasteiger charge is 2.08. The lowest BCUT2D eigenvalue weighted by atomic mass is 10.0. The Morgan fingerprint density at radius 2 is 1.48 bits per heavy atom. The molecule has 0 atom stereocenters. The number of furan rings is 1. The van der Waals surface area contributed by atoms with Crippen LogP contribution in [0.3, 0.4) is 0 Å². The predicted molar refractivity (Wildman–Crippen MR) is 87.0 cm³/mol. The molecule has 0 saturated heterocycles. The van der Waals surface area contributed by atoms with Gasteiger partial charge in [0.05, 0.1) is 12.8 Å². The van der Waals surface area contributed by atoms with E-state index < -0.39 is 0 Å². The van der Waals surface area contributed by atoms with Gasteiger partial charge >= 0.3 is 0 Å². The van der Waals surface area contributed by atoms with Gasteiger partial charge in [-0.2, -0.15) is 0 Å². The Morgan fingerprint density at radius 1 is 0.810 bits per heavy atom. The van der Waals surface area contributed by atoms with Crippen LogP contribution in [0.2, 0.25) is 0 Å². The summed E-state index contributed by atoms with van der Waals surface area (Å²) in [6.45, 7) is 3.80. The Balaban J connectivity index is 1.86. The Labute approximate surface area is 125 Å². The van der Waals surface area contributed by atoms with Crippen molar-refractivity contribution < 1.29 is 4.42 Å². The molecule has 3 aromatic rings. The van der Waals surface area contributed by atoms with E-state index in [0.717, 1.165) is 24.4 Å². The molecule has 3 rings (SSSR count). The molecule has 0 bridgehead atoms. The third-order valence-electron chi connectivity index (χ3n) is 3.58. The molecule has 0 aliphatic heterocycles. The van der Waals surface area contributed by atoms with Crippen molar-refractivity contribution in [2.75, 3.05) is 6.54 Å². The maximum atomic E-state index is 5.57. The van der Waals surface area contributed by atoms with Crippen LogP contribution in [0, 0.1) is 0 Å². The van der Waals surface area contributed by atoms with Crippen LogP contribution in [-0.4, -0.2) is 6.54 Å². The molecule has 106 valence electrons. The Morgan fingerprint density at radius 3 is 2.19 bits per heavy atom. The summed E-state index contributed by atoms with van der Waals surface area (Å²) in [7, 11) is 0. The van der Waals surface area contributed by atoms with Crippen LogP contribution in [0.15, 0.2) is 71.3 Å². The Bertz CT molecular complexity index is 683. The fourth-order valence-electron chi connectivity index (χ4n) is 2.45. The third-order valence-corrected chi connectivity index (χ3v) is 3.58. The van der Waals surface area contributed by atoms with E-state index in [4.69, 9.17) is 4.42 Å². The molecule has 1 N–H and O–H groups in total. The molecule has 21 heavy (non-hydrogen) atoms. The van der Waals surface area contributed by atoms with Crippen LogP contribution in [-0.2, 0) is 6.54 Å². The summed E-state index contributed by atoms with van der Waals surface area (Å²) in [5, 5.41) is 3.30. The first-order valence-electron chi connectivity index (χ1n) is 7.31. The molecule has 0 amide bonds. The smallest absolute Gasteiger partial charge is 0.125 e. The summed E-state index contributed by atoms with van der Waals surface area (Å²) in [6.07, 6.45) is 1.76. The highest BCUT2D eigenvalue weighted by Crippen LogP contribution is 2.27. The van der Waals surface area contributed by atoms with Gasteiger partial charge in [0.2, 0.25) is 0 Å². The third kappa shape index (κ3) is 3.06. The van der Waals surface area contributed by atoms with E-state index in [9.17, 15) is 0 Å². The molecule has 1 heterocycles. The van der Waals surface area contributed by atoms with Crippen molar-refractivity contribution >= 4 is 0 Å². The molecule has 2 aromatic carbocycles. The average molecular weight is 277 g/mol. The maximum absolute atomic E-state index is 5.57. The summed E-state index contributed by atoms with van der Waals surface area (Å²) in [4.78, 5) is 0. The lowest BCUT2D eigenvalue weighted by molar-refractivity contribution is 0.489. The maximum Gasteiger partial charge on any atom is 0.125 e. The SMILES string of the molecule is CCNCc1occc1-c1ccc(-c2ccccc2)cc1. The highest BCUT2D eigenvalue weighted by atomic mass is 16.3. The minimum atomic E-state index is 0.763. The van der Waals surface area contributed by atoms with Crippen LogP contribution >= 0.6 is 0 Å². The molecule has 0 fully saturated rings. The van der Waals surface area contributed by atoms with Crippen molar-refractivity contribution in [2.24, 2.45) is 0 Å². The van der Waals surface area contributed by atoms with Crippen molar-refractivity contribution in [1.29, 1.82) is 0 Å². The van der Waals surface area contributed by atoms with Crippen LogP contribution in [0.5, 0.6) is 0 Å². The van der Waals surface area contributed by atoms with Crippen LogP contribution in [0.1, 0.15) is 12.7 Å². The minimum Gasteiger partial charge on any atom is -0.467 e. The molecule has 0 aliphatic rings. The summed E-state index contributed by atoms with van der Waals surface area (Å²) in [6, 6.07) is 21.1. The van der Waals surface area contributed by atoms with Gasteiger partial charge in [-0.25, -0.2) is 0 Å². The van der Waals surface area contributed by atoms with E-state index in [1.807, 2.05) is 12.1 Å². The lowest BCUT2D eigenvalue weighted by Gasteiger charge is -2.06. The largest absolute Gasteiger partial charge is 0.467 e. The molecular formula is C19H19NO. The molecular weight excluding hydrogens is 258 g/mol. The molecule has 2 heteroatoms. The second kappa shape index (κ2) is 6.42. The zero-order valence-electron chi connectivity index (χ0n) is 12.2. The van der Waals surface area contributed by atoms with Crippen molar-refractivity contribution in [3.63, 3.8) is 0 Å². The second-order valence-corrected chi connectivity index (χ2v) is 4.98. The first kappa shape index (κ1) is 13.7. The van der Waals surface area contributed by atoms with Gasteiger partial charge in [-0.05, 0) is 29.3 Å². The van der Waals surface area contributed by atoms with Crippen molar-refractivity contribution in [2.45, 2.75) is 13.5 Å². The molecule has 0 saturated carbocycles. The van der Waals surface area contributed by atoms with Gasteiger partial charge in [-0.15, -0.1) is 0 Å². The molecule has 2 nitrogen and oxygen atoms in total. The average Bonchev–Trinajstić information content (AvgIpc) is 3.02. The monoisotopic (exact) mass is 277 g/mol. The number of nitrogens with one attached hydrogen (secondary N) is 1. The van der Waals surface area contributed by atoms with Crippen molar-refractivity contribution in [3.8, 4) is 22.3 Å². The van der Waals surface area contributed by atoms with Gasteiger partial charge in [0.1, 0.15) is 5.76 Å². The Kier molecular flexibility index (Phi) is 4.17. The summed E-state index contributed by atoms with van der Waals surface area (Å²) >= 11 is 0. The zero-order chi connectivity index (χ0) is 14.5. The van der Waals surface area contributed by atoms with E-state index >= 15 is 0 Å². The quantitative estimate of drug-likeness (QED) is 0.729. The minimum absolute atomic E-state index is 0.763. The van der Waals surface area contributed by atoms with Gasteiger partial charge in [-0.1, -0.05) is 61.5 Å².